The Labute approximate surface area is 162 Å². The highest BCUT2D eigenvalue weighted by atomic mass is 35.5. The Hall–Kier alpha value is -2.05. The van der Waals surface area contributed by atoms with Crippen molar-refractivity contribution < 1.29 is 18.0 Å². The molecule has 0 bridgehead atoms. The zero-order chi connectivity index (χ0) is 20.0. The minimum Gasteiger partial charge on any atom is -0.322 e. The average Bonchev–Trinajstić information content (AvgIpc) is 2.63. The molecular weight excluding hydrogens is 377 g/mol. The summed E-state index contributed by atoms with van der Waals surface area (Å²) in [5.41, 5.74) is 0.812. The third-order valence-electron chi connectivity index (χ3n) is 4.36. The summed E-state index contributed by atoms with van der Waals surface area (Å²) in [5.74, 6) is -0.551. The van der Waals surface area contributed by atoms with Gasteiger partial charge in [0.2, 0.25) is 0 Å². The summed E-state index contributed by atoms with van der Waals surface area (Å²) in [6, 6.07) is 10.1. The summed E-state index contributed by atoms with van der Waals surface area (Å²) in [6.45, 7) is 7.19. The van der Waals surface area contributed by atoms with Crippen LogP contribution >= 0.6 is 11.6 Å². The lowest BCUT2D eigenvalue weighted by Crippen LogP contribution is -2.25. The summed E-state index contributed by atoms with van der Waals surface area (Å²) in [5, 5.41) is 2.42. The Bertz CT molecular complexity index is 772. The van der Waals surface area contributed by atoms with Crippen LogP contribution < -0.4 is 5.32 Å². The van der Waals surface area contributed by atoms with Crippen LogP contribution in [0.2, 0.25) is 5.02 Å². The molecule has 0 unspecified atom stereocenters. The molecule has 0 aliphatic carbocycles. The van der Waals surface area contributed by atoms with Crippen LogP contribution in [0.15, 0.2) is 42.5 Å². The van der Waals surface area contributed by atoms with Gasteiger partial charge in [0.15, 0.2) is 0 Å². The van der Waals surface area contributed by atoms with Crippen molar-refractivity contribution in [1.29, 1.82) is 0 Å². The monoisotopic (exact) mass is 398 g/mol. The van der Waals surface area contributed by atoms with E-state index in [0.717, 1.165) is 49.8 Å². The standard InChI is InChI=1S/C20H22ClF3N2O/c1-3-26(4-2)12-11-14-5-8-16(9-6-14)25-19(27)17-10-7-15(13-18(17)21)20(22,23)24/h5-10,13H,3-4,11-12H2,1-2H3,(H,25,27). The van der Waals surface area contributed by atoms with Gasteiger partial charge in [-0.2, -0.15) is 13.2 Å². The van der Waals surface area contributed by atoms with Crippen molar-refractivity contribution in [2.45, 2.75) is 26.4 Å². The Morgan fingerprint density at radius 2 is 1.70 bits per heavy atom. The number of halogens is 4. The van der Waals surface area contributed by atoms with E-state index in [4.69, 9.17) is 11.6 Å². The van der Waals surface area contributed by atoms with Gasteiger partial charge in [-0.3, -0.25) is 4.79 Å². The molecule has 0 heterocycles. The average molecular weight is 399 g/mol. The summed E-state index contributed by atoms with van der Waals surface area (Å²) in [6.07, 6.45) is -3.60. The number of amides is 1. The molecule has 0 aromatic heterocycles. The number of alkyl halides is 3. The highest BCUT2D eigenvalue weighted by Crippen LogP contribution is 2.32. The first kappa shape index (κ1) is 21.3. The number of nitrogens with zero attached hydrogens (tertiary/aromatic N) is 1. The first-order valence-corrected chi connectivity index (χ1v) is 9.11. The molecule has 0 atom stereocenters. The molecule has 27 heavy (non-hydrogen) atoms. The largest absolute Gasteiger partial charge is 0.416 e. The van der Waals surface area contributed by atoms with Gasteiger partial charge in [-0.25, -0.2) is 0 Å². The van der Waals surface area contributed by atoms with Gasteiger partial charge in [0.1, 0.15) is 0 Å². The Balaban J connectivity index is 2.01. The molecule has 0 saturated carbocycles. The van der Waals surface area contributed by atoms with Crippen LogP contribution in [0.1, 0.15) is 35.3 Å². The Morgan fingerprint density at radius 1 is 1.07 bits per heavy atom. The number of likely N-dealkylation sites (N-methyl/N-ethyl adjacent to an activating group) is 1. The first-order valence-electron chi connectivity index (χ1n) is 8.74. The number of carbonyl (C=O) groups is 1. The molecule has 0 aliphatic rings. The van der Waals surface area contributed by atoms with Crippen LogP contribution in [0.3, 0.4) is 0 Å². The van der Waals surface area contributed by atoms with Crippen molar-refractivity contribution in [2.24, 2.45) is 0 Å². The maximum Gasteiger partial charge on any atom is 0.416 e. The molecule has 1 amide bonds. The van der Waals surface area contributed by atoms with E-state index < -0.39 is 17.6 Å². The second kappa shape index (κ2) is 9.24. The minimum atomic E-state index is -4.50. The van der Waals surface area contributed by atoms with Crippen LogP contribution in [-0.2, 0) is 12.6 Å². The molecule has 2 aromatic carbocycles. The predicted molar refractivity (Wildman–Crippen MR) is 102 cm³/mol. The molecule has 1 N–H and O–H groups in total. The van der Waals surface area contributed by atoms with E-state index in [9.17, 15) is 18.0 Å². The van der Waals surface area contributed by atoms with Crippen LogP contribution in [0.4, 0.5) is 18.9 Å². The van der Waals surface area contributed by atoms with Crippen LogP contribution in [-0.4, -0.2) is 30.4 Å². The van der Waals surface area contributed by atoms with Gasteiger partial charge in [-0.1, -0.05) is 37.6 Å². The van der Waals surface area contributed by atoms with E-state index >= 15 is 0 Å². The van der Waals surface area contributed by atoms with Gasteiger partial charge in [0.05, 0.1) is 16.1 Å². The number of hydrogen-bond donors (Lipinski definition) is 1. The number of rotatable bonds is 7. The van der Waals surface area contributed by atoms with Gasteiger partial charge < -0.3 is 10.2 Å². The molecule has 2 rings (SSSR count). The maximum atomic E-state index is 12.7. The van der Waals surface area contributed by atoms with Crippen LogP contribution in [0.5, 0.6) is 0 Å². The fraction of sp³-hybridized carbons (Fsp3) is 0.350. The number of hydrogen-bond acceptors (Lipinski definition) is 2. The number of anilines is 1. The normalized spacial score (nSPS) is 11.7. The van der Waals surface area contributed by atoms with Gasteiger partial charge in [0.25, 0.3) is 5.91 Å². The van der Waals surface area contributed by atoms with Gasteiger partial charge in [-0.15, -0.1) is 0 Å². The molecule has 3 nitrogen and oxygen atoms in total. The molecule has 7 heteroatoms. The lowest BCUT2D eigenvalue weighted by atomic mass is 10.1. The molecule has 146 valence electrons. The number of carbonyl (C=O) groups excluding carboxylic acids is 1. The zero-order valence-corrected chi connectivity index (χ0v) is 16.0. The van der Waals surface area contributed by atoms with Gasteiger partial charge in [-0.05, 0) is 55.4 Å². The summed E-state index contributed by atoms with van der Waals surface area (Å²) in [4.78, 5) is 14.6. The number of benzene rings is 2. The van der Waals surface area contributed by atoms with Crippen molar-refractivity contribution in [1.82, 2.24) is 4.90 Å². The van der Waals surface area contributed by atoms with Crippen molar-refractivity contribution >= 4 is 23.2 Å². The molecular formula is C20H22ClF3N2O. The fourth-order valence-corrected chi connectivity index (χ4v) is 2.92. The molecule has 0 radical (unpaired) electrons. The lowest BCUT2D eigenvalue weighted by Gasteiger charge is -2.17. The Kier molecular flexibility index (Phi) is 7.27. The van der Waals surface area contributed by atoms with Crippen molar-refractivity contribution in [3.8, 4) is 0 Å². The van der Waals surface area contributed by atoms with E-state index in [1.165, 1.54) is 0 Å². The Morgan fingerprint density at radius 3 is 2.22 bits per heavy atom. The maximum absolute atomic E-state index is 12.7. The van der Waals surface area contributed by atoms with Gasteiger partial charge >= 0.3 is 6.18 Å². The van der Waals surface area contributed by atoms with E-state index in [2.05, 4.69) is 24.1 Å². The fourth-order valence-electron chi connectivity index (χ4n) is 2.66. The van der Waals surface area contributed by atoms with Crippen LogP contribution in [0, 0.1) is 0 Å². The highest BCUT2D eigenvalue weighted by Gasteiger charge is 2.31. The summed E-state index contributed by atoms with van der Waals surface area (Å²) >= 11 is 5.85. The second-order valence-electron chi connectivity index (χ2n) is 6.12. The first-order chi connectivity index (χ1) is 12.7. The van der Waals surface area contributed by atoms with Crippen molar-refractivity contribution in [3.05, 3.63) is 64.2 Å². The topological polar surface area (TPSA) is 32.3 Å². The molecule has 0 saturated heterocycles. The van der Waals surface area contributed by atoms with Gasteiger partial charge in [0, 0.05) is 12.2 Å². The third-order valence-corrected chi connectivity index (χ3v) is 4.68. The lowest BCUT2D eigenvalue weighted by molar-refractivity contribution is -0.137. The quantitative estimate of drug-likeness (QED) is 0.668. The van der Waals surface area contributed by atoms with Crippen molar-refractivity contribution in [2.75, 3.05) is 25.0 Å². The van der Waals surface area contributed by atoms with E-state index in [0.29, 0.717) is 5.69 Å². The zero-order valence-electron chi connectivity index (χ0n) is 15.2. The van der Waals surface area contributed by atoms with E-state index in [-0.39, 0.29) is 10.6 Å². The SMILES string of the molecule is CCN(CC)CCc1ccc(NC(=O)c2ccc(C(F)(F)F)cc2Cl)cc1. The molecule has 0 fully saturated rings. The number of nitrogens with one attached hydrogen (secondary N) is 1. The van der Waals surface area contributed by atoms with E-state index in [1.54, 1.807) is 12.1 Å². The smallest absolute Gasteiger partial charge is 0.322 e. The summed E-state index contributed by atoms with van der Waals surface area (Å²) in [7, 11) is 0. The molecule has 0 aliphatic heterocycles. The minimum absolute atomic E-state index is 0.00437. The molecule has 0 spiro atoms. The molecule has 2 aromatic rings. The second-order valence-corrected chi connectivity index (χ2v) is 6.53. The van der Waals surface area contributed by atoms with E-state index in [1.807, 2.05) is 12.1 Å². The highest BCUT2D eigenvalue weighted by molar-refractivity contribution is 6.34. The van der Waals surface area contributed by atoms with Crippen LogP contribution in [0.25, 0.3) is 0 Å². The predicted octanol–water partition coefficient (Wildman–Crippen LogP) is 5.50. The third kappa shape index (κ3) is 5.97. The van der Waals surface area contributed by atoms with Crippen molar-refractivity contribution in [3.63, 3.8) is 0 Å². The summed E-state index contributed by atoms with van der Waals surface area (Å²) < 4.78 is 38.0.